The molecule has 2 amide bonds. The van der Waals surface area contributed by atoms with Gasteiger partial charge in [-0.15, -0.1) is 0 Å². The van der Waals surface area contributed by atoms with Crippen LogP contribution in [0.1, 0.15) is 32.8 Å². The number of hydrogen-bond acceptors (Lipinski definition) is 5. The lowest BCUT2D eigenvalue weighted by Gasteiger charge is -2.23. The minimum Gasteiger partial charge on any atom is -0.453 e. The molecule has 0 radical (unpaired) electrons. The first-order valence-electron chi connectivity index (χ1n) is 9.59. The molecule has 0 aromatic heterocycles. The number of likely N-dealkylation sites (tertiary alicyclic amines) is 1. The summed E-state index contributed by atoms with van der Waals surface area (Å²) in [5.74, 6) is 0.773. The van der Waals surface area contributed by atoms with Gasteiger partial charge in [0.15, 0.2) is 5.96 Å². The Morgan fingerprint density at radius 3 is 2.48 bits per heavy atom. The summed E-state index contributed by atoms with van der Waals surface area (Å²) < 4.78 is 9.89. The average Bonchev–Trinajstić information content (AvgIpc) is 3.10. The van der Waals surface area contributed by atoms with E-state index in [1.807, 2.05) is 45.0 Å². The number of amides is 2. The summed E-state index contributed by atoms with van der Waals surface area (Å²) >= 11 is 0. The summed E-state index contributed by atoms with van der Waals surface area (Å²) in [7, 11) is 3.06. The molecule has 1 aliphatic rings. The normalized spacial score (nSPS) is 16.9. The number of carbonyl (C=O) groups is 2. The maximum Gasteiger partial charge on any atom is 0.411 e. The molecule has 1 atom stereocenters. The number of nitrogens with zero attached hydrogens (tertiary/aromatic N) is 2. The molecule has 1 aromatic rings. The highest BCUT2D eigenvalue weighted by Gasteiger charge is 2.27. The largest absolute Gasteiger partial charge is 0.453 e. The van der Waals surface area contributed by atoms with E-state index in [1.54, 1.807) is 7.05 Å². The molecule has 1 saturated heterocycles. The van der Waals surface area contributed by atoms with Crippen LogP contribution in [0, 0.1) is 0 Å². The Kier molecular flexibility index (Phi) is 7.69. The number of guanidine groups is 1. The third-order valence-corrected chi connectivity index (χ3v) is 4.26. The Bertz CT molecular complexity index is 727. The predicted molar refractivity (Wildman–Crippen MR) is 112 cm³/mol. The molecule has 1 heterocycles. The minimum absolute atomic E-state index is 0.0204. The maximum absolute atomic E-state index is 12.0. The second-order valence-electron chi connectivity index (χ2n) is 7.79. The van der Waals surface area contributed by atoms with Crippen LogP contribution in [-0.2, 0) is 16.0 Å². The van der Waals surface area contributed by atoms with Crippen LogP contribution in [0.5, 0.6) is 0 Å². The van der Waals surface area contributed by atoms with E-state index >= 15 is 0 Å². The van der Waals surface area contributed by atoms with Gasteiger partial charge in [-0.2, -0.15) is 0 Å². The molecular formula is C20H31N5O4. The fourth-order valence-corrected chi connectivity index (χ4v) is 2.93. The second kappa shape index (κ2) is 9.99. The Balaban J connectivity index is 1.82. The molecule has 0 saturated carbocycles. The van der Waals surface area contributed by atoms with E-state index in [2.05, 4.69) is 30.6 Å². The molecule has 0 aliphatic carbocycles. The zero-order valence-electron chi connectivity index (χ0n) is 17.7. The van der Waals surface area contributed by atoms with Crippen molar-refractivity contribution in [2.45, 2.75) is 45.4 Å². The molecule has 9 heteroatoms. The fraction of sp³-hybridized carbons (Fsp3) is 0.550. The second-order valence-corrected chi connectivity index (χ2v) is 7.79. The van der Waals surface area contributed by atoms with Gasteiger partial charge in [-0.25, -0.2) is 9.59 Å². The minimum atomic E-state index is -0.512. The fourth-order valence-electron chi connectivity index (χ4n) is 2.93. The number of hydrogen-bond donors (Lipinski definition) is 3. The lowest BCUT2D eigenvalue weighted by Crippen LogP contribution is -2.44. The van der Waals surface area contributed by atoms with Crippen molar-refractivity contribution in [2.24, 2.45) is 4.99 Å². The van der Waals surface area contributed by atoms with Crippen LogP contribution >= 0.6 is 0 Å². The summed E-state index contributed by atoms with van der Waals surface area (Å²) in [6.07, 6.45) is -0.0683. The van der Waals surface area contributed by atoms with Crippen molar-refractivity contribution in [3.8, 4) is 0 Å². The average molecular weight is 405 g/mol. The number of methoxy groups -OCH3 is 1. The van der Waals surface area contributed by atoms with E-state index in [0.29, 0.717) is 18.8 Å². The number of nitrogens with one attached hydrogen (secondary N) is 3. The molecule has 160 valence electrons. The van der Waals surface area contributed by atoms with Gasteiger partial charge in [0, 0.05) is 32.4 Å². The third-order valence-electron chi connectivity index (χ3n) is 4.26. The van der Waals surface area contributed by atoms with Gasteiger partial charge in [-0.3, -0.25) is 10.3 Å². The van der Waals surface area contributed by atoms with Crippen LogP contribution in [0.2, 0.25) is 0 Å². The molecule has 9 nitrogen and oxygen atoms in total. The first-order chi connectivity index (χ1) is 13.7. The van der Waals surface area contributed by atoms with Crippen LogP contribution in [0.3, 0.4) is 0 Å². The van der Waals surface area contributed by atoms with Gasteiger partial charge < -0.3 is 25.0 Å². The van der Waals surface area contributed by atoms with E-state index in [4.69, 9.17) is 4.74 Å². The first kappa shape index (κ1) is 22.3. The Labute approximate surface area is 171 Å². The van der Waals surface area contributed by atoms with E-state index in [-0.39, 0.29) is 6.04 Å². The summed E-state index contributed by atoms with van der Waals surface area (Å²) in [6.45, 7) is 7.58. The van der Waals surface area contributed by atoms with Crippen molar-refractivity contribution in [1.82, 2.24) is 15.5 Å². The number of anilines is 1. The van der Waals surface area contributed by atoms with Crippen LogP contribution in [0.15, 0.2) is 29.3 Å². The zero-order valence-corrected chi connectivity index (χ0v) is 17.7. The standard InChI is InChI=1S/C20H31N5O4/c1-20(2,3)29-19(27)24-16-10-11-25(13-16)17(21-4)22-12-14-6-8-15(9-7-14)23-18(26)28-5/h6-9,16H,10-13H2,1-5H3,(H,21,22)(H,23,26)(H,24,27). The summed E-state index contributed by atoms with van der Waals surface area (Å²) in [6, 6.07) is 7.48. The van der Waals surface area contributed by atoms with Crippen LogP contribution in [0.25, 0.3) is 0 Å². The van der Waals surface area contributed by atoms with Crippen molar-refractivity contribution >= 4 is 23.8 Å². The molecular weight excluding hydrogens is 374 g/mol. The van der Waals surface area contributed by atoms with Crippen LogP contribution in [-0.4, -0.2) is 61.9 Å². The van der Waals surface area contributed by atoms with Crippen molar-refractivity contribution in [3.05, 3.63) is 29.8 Å². The smallest absolute Gasteiger partial charge is 0.411 e. The van der Waals surface area contributed by atoms with Crippen molar-refractivity contribution < 1.29 is 19.1 Å². The Morgan fingerprint density at radius 1 is 1.21 bits per heavy atom. The van der Waals surface area contributed by atoms with E-state index in [9.17, 15) is 9.59 Å². The summed E-state index contributed by atoms with van der Waals surface area (Å²) in [5.41, 5.74) is 1.20. The highest BCUT2D eigenvalue weighted by Crippen LogP contribution is 2.13. The van der Waals surface area contributed by atoms with Gasteiger partial charge in [0.2, 0.25) is 0 Å². The maximum atomic E-state index is 12.0. The van der Waals surface area contributed by atoms with Crippen LogP contribution in [0.4, 0.5) is 15.3 Å². The highest BCUT2D eigenvalue weighted by atomic mass is 16.6. The molecule has 3 N–H and O–H groups in total. The number of alkyl carbamates (subject to hydrolysis) is 1. The van der Waals surface area contributed by atoms with Crippen LogP contribution < -0.4 is 16.0 Å². The van der Waals surface area contributed by atoms with Crippen molar-refractivity contribution in [3.63, 3.8) is 0 Å². The first-order valence-corrected chi connectivity index (χ1v) is 9.59. The van der Waals surface area contributed by atoms with Gasteiger partial charge >= 0.3 is 12.2 Å². The number of carbonyl (C=O) groups excluding carboxylic acids is 2. The molecule has 1 unspecified atom stereocenters. The van der Waals surface area contributed by atoms with Crippen molar-refractivity contribution in [1.29, 1.82) is 0 Å². The molecule has 0 bridgehead atoms. The highest BCUT2D eigenvalue weighted by molar-refractivity contribution is 5.84. The van der Waals surface area contributed by atoms with E-state index in [0.717, 1.165) is 24.5 Å². The number of ether oxygens (including phenoxy) is 2. The quantitative estimate of drug-likeness (QED) is 0.525. The number of benzene rings is 1. The lowest BCUT2D eigenvalue weighted by atomic mass is 10.2. The molecule has 1 aromatic carbocycles. The van der Waals surface area contributed by atoms with Gasteiger partial charge in [0.05, 0.1) is 13.2 Å². The van der Waals surface area contributed by atoms with E-state index < -0.39 is 17.8 Å². The Hall–Kier alpha value is -2.97. The zero-order chi connectivity index (χ0) is 21.4. The summed E-state index contributed by atoms with van der Waals surface area (Å²) in [5, 5.41) is 8.86. The molecule has 29 heavy (non-hydrogen) atoms. The molecule has 1 fully saturated rings. The summed E-state index contributed by atoms with van der Waals surface area (Å²) in [4.78, 5) is 29.6. The SMILES string of the molecule is CN=C(NCc1ccc(NC(=O)OC)cc1)N1CCC(NC(=O)OC(C)(C)C)C1. The third kappa shape index (κ3) is 7.52. The van der Waals surface area contributed by atoms with Gasteiger partial charge in [-0.1, -0.05) is 12.1 Å². The van der Waals surface area contributed by atoms with Crippen molar-refractivity contribution in [2.75, 3.05) is 32.6 Å². The number of aliphatic imine (C=N–C) groups is 1. The van der Waals surface area contributed by atoms with Gasteiger partial charge in [-0.05, 0) is 44.9 Å². The lowest BCUT2D eigenvalue weighted by molar-refractivity contribution is 0.0507. The molecule has 2 rings (SSSR count). The molecule has 1 aliphatic heterocycles. The number of rotatable bonds is 4. The van der Waals surface area contributed by atoms with Gasteiger partial charge in [0.1, 0.15) is 5.60 Å². The topological polar surface area (TPSA) is 104 Å². The van der Waals surface area contributed by atoms with Gasteiger partial charge in [0.25, 0.3) is 0 Å². The Morgan fingerprint density at radius 2 is 1.90 bits per heavy atom. The van der Waals surface area contributed by atoms with E-state index in [1.165, 1.54) is 7.11 Å². The molecule has 0 spiro atoms. The predicted octanol–water partition coefficient (Wildman–Crippen LogP) is 2.54. The monoisotopic (exact) mass is 405 g/mol.